The Labute approximate surface area is 106 Å². The monoisotopic (exact) mass is 295 g/mol. The van der Waals surface area contributed by atoms with E-state index in [1.165, 1.54) is 20.8 Å². The molecule has 0 aromatic carbocycles. The molecule has 0 aromatic rings. The summed E-state index contributed by atoms with van der Waals surface area (Å²) in [5.41, 5.74) is -1.28. The SMILES string of the molecule is CC(C)(C)[C@@H](C(=O)O)N(CC(F)(F)F)CC(F)(F)F. The fourth-order valence-corrected chi connectivity index (χ4v) is 1.77. The molecular formula is C10H15F6NO2. The van der Waals surface area contributed by atoms with Crippen LogP contribution >= 0.6 is 0 Å². The fourth-order valence-electron chi connectivity index (χ4n) is 1.77. The van der Waals surface area contributed by atoms with Crippen molar-refractivity contribution in [2.75, 3.05) is 13.1 Å². The van der Waals surface area contributed by atoms with Crippen molar-refractivity contribution in [1.82, 2.24) is 4.90 Å². The molecular weight excluding hydrogens is 280 g/mol. The van der Waals surface area contributed by atoms with E-state index in [4.69, 9.17) is 5.11 Å². The minimum atomic E-state index is -4.91. The highest BCUT2D eigenvalue weighted by Gasteiger charge is 2.46. The molecule has 0 unspecified atom stereocenters. The summed E-state index contributed by atoms with van der Waals surface area (Å²) in [7, 11) is 0. The summed E-state index contributed by atoms with van der Waals surface area (Å²) >= 11 is 0. The van der Waals surface area contributed by atoms with Gasteiger partial charge < -0.3 is 5.11 Å². The van der Waals surface area contributed by atoms with Gasteiger partial charge in [0.05, 0.1) is 13.1 Å². The second kappa shape index (κ2) is 5.56. The molecule has 19 heavy (non-hydrogen) atoms. The van der Waals surface area contributed by atoms with Gasteiger partial charge in [0, 0.05) is 0 Å². The van der Waals surface area contributed by atoms with Crippen molar-refractivity contribution in [1.29, 1.82) is 0 Å². The third kappa shape index (κ3) is 7.24. The number of rotatable bonds is 4. The molecule has 0 saturated carbocycles. The lowest BCUT2D eigenvalue weighted by Gasteiger charge is -2.37. The zero-order chi connectivity index (χ0) is 15.6. The maximum Gasteiger partial charge on any atom is 0.401 e. The highest BCUT2D eigenvalue weighted by atomic mass is 19.4. The summed E-state index contributed by atoms with van der Waals surface area (Å²) in [6, 6.07) is -1.89. The third-order valence-corrected chi connectivity index (χ3v) is 2.18. The molecule has 0 aliphatic carbocycles. The third-order valence-electron chi connectivity index (χ3n) is 2.18. The summed E-state index contributed by atoms with van der Waals surface area (Å²) in [5, 5.41) is 8.90. The molecule has 0 heterocycles. The lowest BCUT2D eigenvalue weighted by molar-refractivity contribution is -0.196. The molecule has 0 bridgehead atoms. The lowest BCUT2D eigenvalue weighted by Crippen LogP contribution is -2.55. The van der Waals surface area contributed by atoms with Crippen LogP contribution < -0.4 is 0 Å². The van der Waals surface area contributed by atoms with Gasteiger partial charge in [-0.25, -0.2) is 0 Å². The number of carboxylic acid groups (broad SMARTS) is 1. The van der Waals surface area contributed by atoms with E-state index in [1.54, 1.807) is 0 Å². The van der Waals surface area contributed by atoms with Crippen molar-refractivity contribution < 1.29 is 36.2 Å². The first-order valence-corrected chi connectivity index (χ1v) is 5.24. The largest absolute Gasteiger partial charge is 0.480 e. The van der Waals surface area contributed by atoms with Gasteiger partial charge in [-0.3, -0.25) is 9.69 Å². The fraction of sp³-hybridized carbons (Fsp3) is 0.900. The molecule has 0 aliphatic heterocycles. The van der Waals surface area contributed by atoms with E-state index in [0.717, 1.165) is 0 Å². The average molecular weight is 295 g/mol. The lowest BCUT2D eigenvalue weighted by atomic mass is 9.85. The smallest absolute Gasteiger partial charge is 0.401 e. The van der Waals surface area contributed by atoms with Crippen LogP contribution in [0, 0.1) is 5.41 Å². The highest BCUT2D eigenvalue weighted by molar-refractivity contribution is 5.74. The Balaban J connectivity index is 5.35. The van der Waals surface area contributed by atoms with Crippen LogP contribution in [-0.4, -0.2) is 47.5 Å². The number of carbonyl (C=O) groups is 1. The molecule has 0 amide bonds. The molecule has 1 N–H and O–H groups in total. The zero-order valence-electron chi connectivity index (χ0n) is 10.6. The van der Waals surface area contributed by atoms with Crippen molar-refractivity contribution in [2.45, 2.75) is 39.2 Å². The van der Waals surface area contributed by atoms with Gasteiger partial charge in [-0.15, -0.1) is 0 Å². The van der Waals surface area contributed by atoms with Crippen LogP contribution in [-0.2, 0) is 4.79 Å². The van der Waals surface area contributed by atoms with Crippen LogP contribution in [0.3, 0.4) is 0 Å². The van der Waals surface area contributed by atoms with Crippen molar-refractivity contribution in [2.24, 2.45) is 5.41 Å². The van der Waals surface area contributed by atoms with E-state index >= 15 is 0 Å². The highest BCUT2D eigenvalue weighted by Crippen LogP contribution is 2.30. The Morgan fingerprint density at radius 3 is 1.47 bits per heavy atom. The first kappa shape index (κ1) is 18.0. The van der Waals surface area contributed by atoms with Crippen LogP contribution in [0.4, 0.5) is 26.3 Å². The van der Waals surface area contributed by atoms with Crippen molar-refractivity contribution in [3.05, 3.63) is 0 Å². The number of nitrogens with zero attached hydrogens (tertiary/aromatic N) is 1. The predicted molar refractivity (Wildman–Crippen MR) is 54.6 cm³/mol. The van der Waals surface area contributed by atoms with E-state index in [1.807, 2.05) is 0 Å². The molecule has 1 atom stereocenters. The van der Waals surface area contributed by atoms with Crippen LogP contribution in [0.1, 0.15) is 20.8 Å². The van der Waals surface area contributed by atoms with Crippen LogP contribution in [0.25, 0.3) is 0 Å². The van der Waals surface area contributed by atoms with Crippen molar-refractivity contribution in [3.63, 3.8) is 0 Å². The Hall–Kier alpha value is -0.990. The summed E-state index contributed by atoms with van der Waals surface area (Å²) in [6.45, 7) is -0.0515. The Morgan fingerprint density at radius 1 is 1.00 bits per heavy atom. The van der Waals surface area contributed by atoms with Gasteiger partial charge in [0.25, 0.3) is 0 Å². The second-order valence-electron chi connectivity index (χ2n) is 5.24. The van der Waals surface area contributed by atoms with E-state index in [9.17, 15) is 31.1 Å². The molecule has 0 spiro atoms. The van der Waals surface area contributed by atoms with E-state index in [-0.39, 0.29) is 4.90 Å². The van der Waals surface area contributed by atoms with E-state index in [0.29, 0.717) is 0 Å². The van der Waals surface area contributed by atoms with Gasteiger partial charge in [0.2, 0.25) is 0 Å². The van der Waals surface area contributed by atoms with Crippen LogP contribution in [0.5, 0.6) is 0 Å². The molecule has 0 aromatic heterocycles. The Bertz CT molecular complexity index is 301. The minimum Gasteiger partial charge on any atom is -0.480 e. The summed E-state index contributed by atoms with van der Waals surface area (Å²) < 4.78 is 73.7. The van der Waals surface area contributed by atoms with Gasteiger partial charge in [-0.2, -0.15) is 26.3 Å². The van der Waals surface area contributed by atoms with Gasteiger partial charge in [-0.05, 0) is 5.41 Å². The molecule has 114 valence electrons. The number of halogens is 6. The first-order valence-electron chi connectivity index (χ1n) is 5.24. The molecule has 0 fully saturated rings. The molecule has 0 aliphatic rings. The predicted octanol–water partition coefficient (Wildman–Crippen LogP) is 2.91. The number of hydrogen-bond acceptors (Lipinski definition) is 2. The molecule has 9 heteroatoms. The number of aliphatic carboxylic acids is 1. The topological polar surface area (TPSA) is 40.5 Å². The number of carboxylic acids is 1. The van der Waals surface area contributed by atoms with Gasteiger partial charge in [0.1, 0.15) is 6.04 Å². The first-order chi connectivity index (χ1) is 8.13. The number of alkyl halides is 6. The zero-order valence-corrected chi connectivity index (χ0v) is 10.6. The van der Waals surface area contributed by atoms with Crippen LogP contribution in [0.2, 0.25) is 0 Å². The molecule has 3 nitrogen and oxygen atoms in total. The minimum absolute atomic E-state index is 0.109. The van der Waals surface area contributed by atoms with Gasteiger partial charge in [0.15, 0.2) is 0 Å². The Morgan fingerprint density at radius 2 is 1.32 bits per heavy atom. The average Bonchev–Trinajstić information content (AvgIpc) is 1.90. The Kier molecular flexibility index (Phi) is 5.27. The maximum atomic E-state index is 12.3. The van der Waals surface area contributed by atoms with Crippen LogP contribution in [0.15, 0.2) is 0 Å². The summed E-state index contributed by atoms with van der Waals surface area (Å²) in [6.07, 6.45) is -9.82. The van der Waals surface area contributed by atoms with E-state index in [2.05, 4.69) is 0 Å². The summed E-state index contributed by atoms with van der Waals surface area (Å²) in [4.78, 5) is 10.9. The normalized spacial score (nSPS) is 15.7. The second-order valence-corrected chi connectivity index (χ2v) is 5.24. The van der Waals surface area contributed by atoms with Crippen molar-refractivity contribution in [3.8, 4) is 0 Å². The maximum absolute atomic E-state index is 12.3. The number of hydrogen-bond donors (Lipinski definition) is 1. The van der Waals surface area contributed by atoms with E-state index < -0.39 is 42.9 Å². The standard InChI is InChI=1S/C10H15F6NO2/c1-8(2,3)6(7(18)19)17(4-9(11,12)13)5-10(14,15)16/h6H,4-5H2,1-3H3,(H,18,19)/t6-/m1/s1. The van der Waals surface area contributed by atoms with Gasteiger partial charge in [-0.1, -0.05) is 20.8 Å². The summed E-state index contributed by atoms with van der Waals surface area (Å²) in [5.74, 6) is -1.72. The molecule has 0 rings (SSSR count). The van der Waals surface area contributed by atoms with Crippen molar-refractivity contribution >= 4 is 5.97 Å². The quantitative estimate of drug-likeness (QED) is 0.811. The molecule has 0 saturated heterocycles. The molecule has 0 radical (unpaired) electrons. The van der Waals surface area contributed by atoms with Gasteiger partial charge >= 0.3 is 18.3 Å².